The number of amides is 2. The van der Waals surface area contributed by atoms with Crippen molar-refractivity contribution in [3.63, 3.8) is 0 Å². The molecule has 0 fully saturated rings. The zero-order chi connectivity index (χ0) is 22.5. The summed E-state index contributed by atoms with van der Waals surface area (Å²) in [6.07, 6.45) is 1.80. The number of methoxy groups -OCH3 is 1. The van der Waals surface area contributed by atoms with Gasteiger partial charge in [-0.25, -0.2) is 0 Å². The van der Waals surface area contributed by atoms with E-state index in [1.165, 1.54) is 16.7 Å². The van der Waals surface area contributed by atoms with E-state index in [4.69, 9.17) is 16.3 Å². The number of nitrogens with zero attached hydrogens (tertiary/aromatic N) is 1. The molecular formula is C25H21ClN2O3S. The second-order valence-electron chi connectivity index (χ2n) is 7.15. The van der Waals surface area contributed by atoms with Gasteiger partial charge in [-0.2, -0.15) is 0 Å². The predicted molar refractivity (Wildman–Crippen MR) is 129 cm³/mol. The van der Waals surface area contributed by atoms with E-state index in [2.05, 4.69) is 5.32 Å². The Balaban J connectivity index is 1.52. The van der Waals surface area contributed by atoms with Crippen molar-refractivity contribution in [2.75, 3.05) is 18.6 Å². The van der Waals surface area contributed by atoms with Crippen LogP contribution >= 0.6 is 23.4 Å². The maximum absolute atomic E-state index is 13.3. The van der Waals surface area contributed by atoms with Gasteiger partial charge >= 0.3 is 0 Å². The van der Waals surface area contributed by atoms with Gasteiger partial charge < -0.3 is 10.1 Å². The van der Waals surface area contributed by atoms with Crippen molar-refractivity contribution in [2.45, 2.75) is 11.4 Å². The Kier molecular flexibility index (Phi) is 6.83. The molecule has 5 nitrogen and oxygen atoms in total. The van der Waals surface area contributed by atoms with Gasteiger partial charge in [-0.3, -0.25) is 14.5 Å². The third-order valence-corrected chi connectivity index (χ3v) is 6.24. The average molecular weight is 465 g/mol. The van der Waals surface area contributed by atoms with Crippen molar-refractivity contribution in [1.82, 2.24) is 5.32 Å². The summed E-state index contributed by atoms with van der Waals surface area (Å²) in [4.78, 5) is 28.9. The van der Waals surface area contributed by atoms with Crippen molar-refractivity contribution in [2.24, 2.45) is 0 Å². The molecule has 0 saturated heterocycles. The first-order valence-corrected chi connectivity index (χ1v) is 11.2. The van der Waals surface area contributed by atoms with Crippen LogP contribution in [0.25, 0.3) is 6.08 Å². The molecular weight excluding hydrogens is 444 g/mol. The summed E-state index contributed by atoms with van der Waals surface area (Å²) in [5.41, 5.74) is 2.50. The van der Waals surface area contributed by atoms with Gasteiger partial charge in [0.15, 0.2) is 0 Å². The van der Waals surface area contributed by atoms with E-state index in [9.17, 15) is 9.59 Å². The number of thioether (sulfide) groups is 1. The standard InChI is InChI=1S/C25H21ClN2O3S/c1-31-20-11-9-17(10-12-20)15-27-24(29)16-28-21-7-2-3-8-22(21)32-23(25(28)30)14-18-5-4-6-19(26)13-18/h2-14H,15-16H2,1H3,(H,27,29). The minimum absolute atomic E-state index is 0.0700. The summed E-state index contributed by atoms with van der Waals surface area (Å²) in [6.45, 7) is 0.298. The van der Waals surface area contributed by atoms with Gasteiger partial charge in [0.2, 0.25) is 5.91 Å². The fraction of sp³-hybridized carbons (Fsp3) is 0.120. The number of ether oxygens (including phenoxy) is 1. The molecule has 0 aliphatic carbocycles. The number of halogens is 1. The molecule has 32 heavy (non-hydrogen) atoms. The number of carbonyl (C=O) groups excluding carboxylic acids is 2. The molecule has 1 N–H and O–H groups in total. The highest BCUT2D eigenvalue weighted by Gasteiger charge is 2.30. The quantitative estimate of drug-likeness (QED) is 0.513. The van der Waals surface area contributed by atoms with E-state index in [-0.39, 0.29) is 18.4 Å². The Labute approximate surface area is 196 Å². The summed E-state index contributed by atoms with van der Waals surface area (Å²) in [7, 11) is 1.61. The molecule has 2 amide bonds. The van der Waals surface area contributed by atoms with Gasteiger partial charge in [0, 0.05) is 16.5 Å². The largest absolute Gasteiger partial charge is 0.497 e. The molecule has 0 spiro atoms. The molecule has 7 heteroatoms. The second kappa shape index (κ2) is 9.94. The number of nitrogens with one attached hydrogen (secondary N) is 1. The first kappa shape index (κ1) is 22.0. The highest BCUT2D eigenvalue weighted by molar-refractivity contribution is 8.04. The van der Waals surface area contributed by atoms with Crippen LogP contribution in [0.2, 0.25) is 5.02 Å². The Morgan fingerprint density at radius 2 is 1.88 bits per heavy atom. The minimum Gasteiger partial charge on any atom is -0.497 e. The van der Waals surface area contributed by atoms with Crippen molar-refractivity contribution < 1.29 is 14.3 Å². The fourth-order valence-electron chi connectivity index (χ4n) is 3.31. The number of para-hydroxylation sites is 1. The van der Waals surface area contributed by atoms with E-state index >= 15 is 0 Å². The molecule has 1 aliphatic rings. The summed E-state index contributed by atoms with van der Waals surface area (Å²) in [5.74, 6) is 0.304. The van der Waals surface area contributed by atoms with Crippen LogP contribution in [0.15, 0.2) is 82.6 Å². The summed E-state index contributed by atoms with van der Waals surface area (Å²) in [6, 6.07) is 22.4. The van der Waals surface area contributed by atoms with Crippen LogP contribution in [0.3, 0.4) is 0 Å². The van der Waals surface area contributed by atoms with Gasteiger partial charge in [-0.15, -0.1) is 0 Å². The van der Waals surface area contributed by atoms with E-state index < -0.39 is 0 Å². The van der Waals surface area contributed by atoms with Crippen LogP contribution in [-0.4, -0.2) is 25.5 Å². The number of fused-ring (bicyclic) bond motifs is 1. The SMILES string of the molecule is COc1ccc(CNC(=O)CN2C(=O)C(=Cc3cccc(Cl)c3)Sc3ccccc32)cc1. The first-order chi connectivity index (χ1) is 15.5. The number of benzene rings is 3. The summed E-state index contributed by atoms with van der Waals surface area (Å²) in [5, 5.41) is 3.49. The van der Waals surface area contributed by atoms with Crippen molar-refractivity contribution in [3.05, 3.63) is 93.9 Å². The molecule has 0 unspecified atom stereocenters. The predicted octanol–water partition coefficient (Wildman–Crippen LogP) is 5.14. The lowest BCUT2D eigenvalue weighted by molar-refractivity contribution is -0.122. The highest BCUT2D eigenvalue weighted by Crippen LogP contribution is 2.42. The minimum atomic E-state index is -0.238. The third kappa shape index (κ3) is 5.15. The second-order valence-corrected chi connectivity index (χ2v) is 8.67. The van der Waals surface area contributed by atoms with Gasteiger partial charge in [0.05, 0.1) is 17.7 Å². The molecule has 3 aromatic carbocycles. The topological polar surface area (TPSA) is 58.6 Å². The average Bonchev–Trinajstić information content (AvgIpc) is 2.81. The Bertz CT molecular complexity index is 1180. The lowest BCUT2D eigenvalue weighted by atomic mass is 10.2. The van der Waals surface area contributed by atoms with Crippen LogP contribution in [0, 0.1) is 0 Å². The van der Waals surface area contributed by atoms with Crippen molar-refractivity contribution in [1.29, 1.82) is 0 Å². The van der Waals surface area contributed by atoms with Crippen LogP contribution in [0.1, 0.15) is 11.1 Å². The molecule has 0 saturated carbocycles. The Hall–Kier alpha value is -3.22. The molecule has 4 rings (SSSR count). The van der Waals surface area contributed by atoms with Gasteiger partial charge in [-0.05, 0) is 53.6 Å². The lowest BCUT2D eigenvalue weighted by Gasteiger charge is -2.29. The molecule has 1 heterocycles. The van der Waals surface area contributed by atoms with Crippen LogP contribution < -0.4 is 15.0 Å². The lowest BCUT2D eigenvalue weighted by Crippen LogP contribution is -2.42. The summed E-state index contributed by atoms with van der Waals surface area (Å²) >= 11 is 7.48. The monoisotopic (exact) mass is 464 g/mol. The van der Waals surface area contributed by atoms with E-state index in [0.717, 1.165) is 27.5 Å². The maximum Gasteiger partial charge on any atom is 0.265 e. The number of anilines is 1. The van der Waals surface area contributed by atoms with E-state index in [0.29, 0.717) is 16.5 Å². The van der Waals surface area contributed by atoms with Gasteiger partial charge in [0.1, 0.15) is 12.3 Å². The van der Waals surface area contributed by atoms with Crippen molar-refractivity contribution >= 4 is 46.9 Å². The van der Waals surface area contributed by atoms with Crippen LogP contribution in [0.5, 0.6) is 5.75 Å². The molecule has 3 aromatic rings. The zero-order valence-electron chi connectivity index (χ0n) is 17.4. The molecule has 0 atom stereocenters. The highest BCUT2D eigenvalue weighted by atomic mass is 35.5. The fourth-order valence-corrected chi connectivity index (χ4v) is 4.57. The summed E-state index contributed by atoms with van der Waals surface area (Å²) < 4.78 is 5.15. The molecule has 0 radical (unpaired) electrons. The number of hydrogen-bond acceptors (Lipinski definition) is 4. The zero-order valence-corrected chi connectivity index (χ0v) is 19.0. The molecule has 0 aromatic heterocycles. The van der Waals surface area contributed by atoms with E-state index in [1.807, 2.05) is 60.7 Å². The van der Waals surface area contributed by atoms with E-state index in [1.54, 1.807) is 25.3 Å². The van der Waals surface area contributed by atoms with Crippen LogP contribution in [0.4, 0.5) is 5.69 Å². The smallest absolute Gasteiger partial charge is 0.265 e. The normalized spacial score (nSPS) is 14.2. The van der Waals surface area contributed by atoms with Gasteiger partial charge in [0.25, 0.3) is 5.91 Å². The Morgan fingerprint density at radius 3 is 2.62 bits per heavy atom. The van der Waals surface area contributed by atoms with Gasteiger partial charge in [-0.1, -0.05) is 59.8 Å². The van der Waals surface area contributed by atoms with Crippen LogP contribution in [-0.2, 0) is 16.1 Å². The maximum atomic E-state index is 13.3. The number of hydrogen-bond donors (Lipinski definition) is 1. The molecule has 162 valence electrons. The molecule has 1 aliphatic heterocycles. The number of rotatable bonds is 6. The first-order valence-electron chi connectivity index (χ1n) is 9.99. The Morgan fingerprint density at radius 1 is 1.09 bits per heavy atom. The third-order valence-electron chi connectivity index (χ3n) is 4.93. The molecule has 0 bridgehead atoms. The van der Waals surface area contributed by atoms with Crippen molar-refractivity contribution in [3.8, 4) is 5.75 Å². The number of carbonyl (C=O) groups is 2.